The summed E-state index contributed by atoms with van der Waals surface area (Å²) in [5.41, 5.74) is 1.69. The Kier molecular flexibility index (Phi) is 2.59. The van der Waals surface area contributed by atoms with Crippen molar-refractivity contribution in [1.29, 1.82) is 5.26 Å². The summed E-state index contributed by atoms with van der Waals surface area (Å²) in [7, 11) is 0. The molecule has 1 atom stereocenters. The maximum atomic E-state index is 12.1. The number of nitrogens with one attached hydrogen (secondary N) is 1. The minimum absolute atomic E-state index is 0.172. The first-order valence-electron chi connectivity index (χ1n) is 6.55. The topological polar surface area (TPSA) is 52.9 Å². The van der Waals surface area contributed by atoms with E-state index < -0.39 is 0 Å². The van der Waals surface area contributed by atoms with E-state index >= 15 is 0 Å². The zero-order valence-corrected chi connectivity index (χ0v) is 10.3. The predicted octanol–water partition coefficient (Wildman–Crippen LogP) is 2.33. The first-order valence-corrected chi connectivity index (χ1v) is 6.55. The van der Waals surface area contributed by atoms with E-state index in [0.29, 0.717) is 5.56 Å². The van der Waals surface area contributed by atoms with Gasteiger partial charge in [0.2, 0.25) is 5.91 Å². The van der Waals surface area contributed by atoms with Crippen molar-refractivity contribution in [3.63, 3.8) is 0 Å². The summed E-state index contributed by atoms with van der Waals surface area (Å²) in [4.78, 5) is 12.1. The van der Waals surface area contributed by atoms with E-state index in [1.54, 1.807) is 0 Å². The molecule has 92 valence electrons. The van der Waals surface area contributed by atoms with Crippen LogP contribution in [0.4, 0.5) is 0 Å². The summed E-state index contributed by atoms with van der Waals surface area (Å²) in [6.07, 6.45) is 4.31. The summed E-state index contributed by atoms with van der Waals surface area (Å²) in [6.45, 7) is 0.741. The van der Waals surface area contributed by atoms with E-state index in [0.717, 1.165) is 32.2 Å². The molecule has 0 bridgehead atoms. The van der Waals surface area contributed by atoms with Crippen molar-refractivity contribution in [2.24, 2.45) is 5.41 Å². The fourth-order valence-electron chi connectivity index (χ4n) is 3.53. The maximum absolute atomic E-state index is 12.1. The highest BCUT2D eigenvalue weighted by atomic mass is 16.2. The van der Waals surface area contributed by atoms with Crippen molar-refractivity contribution in [3.8, 4) is 6.07 Å². The molecule has 1 N–H and O–H groups in total. The second kappa shape index (κ2) is 4.13. The van der Waals surface area contributed by atoms with Crippen LogP contribution in [-0.4, -0.2) is 12.5 Å². The first kappa shape index (κ1) is 11.3. The summed E-state index contributed by atoms with van der Waals surface area (Å²) >= 11 is 0. The molecule has 1 spiro atoms. The van der Waals surface area contributed by atoms with Crippen molar-refractivity contribution < 1.29 is 4.79 Å². The van der Waals surface area contributed by atoms with Gasteiger partial charge in [0, 0.05) is 12.5 Å². The summed E-state index contributed by atoms with van der Waals surface area (Å²) < 4.78 is 0. The minimum atomic E-state index is -0.172. The third-order valence-electron chi connectivity index (χ3n) is 4.52. The zero-order valence-electron chi connectivity index (χ0n) is 10.3. The minimum Gasteiger partial charge on any atom is -0.355 e. The molecule has 0 radical (unpaired) electrons. The van der Waals surface area contributed by atoms with Gasteiger partial charge in [-0.25, -0.2) is 0 Å². The van der Waals surface area contributed by atoms with Crippen molar-refractivity contribution in [3.05, 3.63) is 35.4 Å². The monoisotopic (exact) mass is 240 g/mol. The van der Waals surface area contributed by atoms with E-state index in [9.17, 15) is 4.79 Å². The third kappa shape index (κ3) is 1.53. The van der Waals surface area contributed by atoms with Crippen LogP contribution in [0.1, 0.15) is 42.7 Å². The van der Waals surface area contributed by atoms with Crippen molar-refractivity contribution in [2.75, 3.05) is 6.54 Å². The average molecular weight is 240 g/mol. The second-order valence-electron chi connectivity index (χ2n) is 5.36. The number of nitriles is 1. The first-order chi connectivity index (χ1) is 8.76. The Labute approximate surface area is 107 Å². The molecule has 0 unspecified atom stereocenters. The lowest BCUT2D eigenvalue weighted by Gasteiger charge is -2.27. The SMILES string of the molecule is N#Cc1ccc([C@@H]2CNC(=O)C23CCCC3)cc1. The standard InChI is InChI=1S/C15H16N2O/c16-9-11-3-5-12(6-4-11)13-10-17-14(18)15(13)7-1-2-8-15/h3-6,13H,1-2,7-8,10H2,(H,17,18)/t13-/m0/s1. The highest BCUT2D eigenvalue weighted by Crippen LogP contribution is 2.51. The van der Waals surface area contributed by atoms with E-state index in [4.69, 9.17) is 5.26 Å². The van der Waals surface area contributed by atoms with E-state index in [-0.39, 0.29) is 17.2 Å². The number of amides is 1. The zero-order chi connectivity index (χ0) is 12.6. The molecule has 18 heavy (non-hydrogen) atoms. The van der Waals surface area contributed by atoms with Crippen LogP contribution >= 0.6 is 0 Å². The Balaban J connectivity index is 1.95. The van der Waals surface area contributed by atoms with Crippen LogP contribution in [0, 0.1) is 16.7 Å². The van der Waals surface area contributed by atoms with E-state index in [2.05, 4.69) is 11.4 Å². The second-order valence-corrected chi connectivity index (χ2v) is 5.36. The highest BCUT2D eigenvalue weighted by Gasteiger charge is 2.51. The Morgan fingerprint density at radius 3 is 2.50 bits per heavy atom. The molecule has 1 saturated heterocycles. The van der Waals surface area contributed by atoms with Crippen LogP contribution in [0.15, 0.2) is 24.3 Å². The van der Waals surface area contributed by atoms with Gasteiger partial charge in [-0.1, -0.05) is 25.0 Å². The molecule has 1 aromatic rings. The lowest BCUT2D eigenvalue weighted by Crippen LogP contribution is -2.31. The normalized spacial score (nSPS) is 25.1. The number of nitrogens with zero attached hydrogens (tertiary/aromatic N) is 1. The molecule has 1 aromatic carbocycles. The number of hydrogen-bond acceptors (Lipinski definition) is 2. The molecule has 2 aliphatic rings. The van der Waals surface area contributed by atoms with Gasteiger partial charge in [0.1, 0.15) is 0 Å². The predicted molar refractivity (Wildman–Crippen MR) is 67.8 cm³/mol. The lowest BCUT2D eigenvalue weighted by atomic mass is 9.72. The van der Waals surface area contributed by atoms with Gasteiger partial charge < -0.3 is 5.32 Å². The maximum Gasteiger partial charge on any atom is 0.226 e. The highest BCUT2D eigenvalue weighted by molar-refractivity contribution is 5.86. The van der Waals surface area contributed by atoms with Crippen LogP contribution in [-0.2, 0) is 4.79 Å². The third-order valence-corrected chi connectivity index (χ3v) is 4.52. The van der Waals surface area contributed by atoms with Crippen LogP contribution in [0.5, 0.6) is 0 Å². The van der Waals surface area contributed by atoms with E-state index in [1.807, 2.05) is 24.3 Å². The van der Waals surface area contributed by atoms with Crippen LogP contribution in [0.25, 0.3) is 0 Å². The van der Waals surface area contributed by atoms with Gasteiger partial charge in [-0.3, -0.25) is 4.79 Å². The molecule has 2 fully saturated rings. The van der Waals surface area contributed by atoms with Crippen molar-refractivity contribution in [2.45, 2.75) is 31.6 Å². The molecule has 1 amide bonds. The van der Waals surface area contributed by atoms with Gasteiger partial charge in [0.15, 0.2) is 0 Å². The van der Waals surface area contributed by atoms with Crippen molar-refractivity contribution in [1.82, 2.24) is 5.32 Å². The molecule has 1 saturated carbocycles. The number of carbonyl (C=O) groups excluding carboxylic acids is 1. The molecular formula is C15H16N2O. The Hall–Kier alpha value is -1.82. The molecule has 3 rings (SSSR count). The Bertz CT molecular complexity index is 506. The van der Waals surface area contributed by atoms with Gasteiger partial charge in [-0.15, -0.1) is 0 Å². The number of carbonyl (C=O) groups is 1. The molecule has 3 heteroatoms. The van der Waals surface area contributed by atoms with Crippen LogP contribution in [0.2, 0.25) is 0 Å². The average Bonchev–Trinajstić information content (AvgIpc) is 3.01. The van der Waals surface area contributed by atoms with E-state index in [1.165, 1.54) is 5.56 Å². The van der Waals surface area contributed by atoms with Gasteiger partial charge in [0.05, 0.1) is 17.0 Å². The van der Waals surface area contributed by atoms with Gasteiger partial charge in [-0.2, -0.15) is 5.26 Å². The summed E-state index contributed by atoms with van der Waals surface area (Å²) in [5, 5.41) is 11.8. The Morgan fingerprint density at radius 1 is 1.22 bits per heavy atom. The molecular weight excluding hydrogens is 224 g/mol. The largest absolute Gasteiger partial charge is 0.355 e. The smallest absolute Gasteiger partial charge is 0.226 e. The molecule has 1 aliphatic heterocycles. The Morgan fingerprint density at radius 2 is 1.89 bits per heavy atom. The number of hydrogen-bond donors (Lipinski definition) is 1. The number of benzene rings is 1. The summed E-state index contributed by atoms with van der Waals surface area (Å²) in [6, 6.07) is 9.84. The molecule has 1 aliphatic carbocycles. The van der Waals surface area contributed by atoms with Gasteiger partial charge in [-0.05, 0) is 30.5 Å². The molecule has 3 nitrogen and oxygen atoms in total. The van der Waals surface area contributed by atoms with Crippen LogP contribution in [0.3, 0.4) is 0 Å². The lowest BCUT2D eigenvalue weighted by molar-refractivity contribution is -0.127. The van der Waals surface area contributed by atoms with Gasteiger partial charge >= 0.3 is 0 Å². The molecule has 1 heterocycles. The quantitative estimate of drug-likeness (QED) is 0.819. The molecule has 0 aromatic heterocycles. The van der Waals surface area contributed by atoms with Crippen LogP contribution < -0.4 is 5.32 Å². The van der Waals surface area contributed by atoms with Crippen molar-refractivity contribution >= 4 is 5.91 Å². The summed E-state index contributed by atoms with van der Waals surface area (Å²) in [5.74, 6) is 0.509. The van der Waals surface area contributed by atoms with Gasteiger partial charge in [0.25, 0.3) is 0 Å². The fraction of sp³-hybridized carbons (Fsp3) is 0.467. The number of rotatable bonds is 1. The fourth-order valence-corrected chi connectivity index (χ4v) is 3.53.